The van der Waals surface area contributed by atoms with E-state index in [0.717, 1.165) is 55.2 Å². The molecule has 0 saturated carbocycles. The predicted molar refractivity (Wildman–Crippen MR) is 147 cm³/mol. The number of fused-ring (bicyclic) bond motifs is 2. The molecular weight excluding hydrogens is 496 g/mol. The van der Waals surface area contributed by atoms with Gasteiger partial charge in [-0.15, -0.1) is 0 Å². The standard InChI is InChI=1S/C30H32N4O5/c1-39-30(38)25(16-20-17-31-24-12-6-4-10-21(20)24)32-29(37)28(36)23-18-34(26-13-7-5-11-22(23)26)19-27(35)33-14-8-2-3-9-15-33/h4-7,10-13,17-18,25,31H,2-3,8-9,14-16,19H2,1H3,(H,32,37). The van der Waals surface area contributed by atoms with E-state index in [1.807, 2.05) is 41.3 Å². The molecule has 2 aromatic carbocycles. The Balaban J connectivity index is 1.36. The van der Waals surface area contributed by atoms with Gasteiger partial charge in [0.15, 0.2) is 0 Å². The predicted octanol–water partition coefficient (Wildman–Crippen LogP) is 3.61. The third-order valence-corrected chi connectivity index (χ3v) is 7.39. The molecule has 0 spiro atoms. The van der Waals surface area contributed by atoms with Crippen LogP contribution in [-0.4, -0.2) is 64.3 Å². The van der Waals surface area contributed by atoms with Gasteiger partial charge in [0.25, 0.3) is 11.7 Å². The molecule has 0 aliphatic carbocycles. The van der Waals surface area contributed by atoms with Gasteiger partial charge in [-0.25, -0.2) is 4.79 Å². The molecule has 1 atom stereocenters. The van der Waals surface area contributed by atoms with E-state index in [0.29, 0.717) is 10.9 Å². The van der Waals surface area contributed by atoms with Gasteiger partial charge in [0.1, 0.15) is 12.6 Å². The molecule has 2 aromatic heterocycles. The Hall–Kier alpha value is -4.40. The molecule has 1 aliphatic heterocycles. The van der Waals surface area contributed by atoms with Crippen molar-refractivity contribution in [2.45, 2.75) is 44.7 Å². The van der Waals surface area contributed by atoms with E-state index < -0.39 is 23.7 Å². The summed E-state index contributed by atoms with van der Waals surface area (Å²) in [6.07, 6.45) is 7.72. The number of hydrogen-bond acceptors (Lipinski definition) is 5. The number of Topliss-reactive ketones (excluding diaryl/α,β-unsaturated/α-hetero) is 1. The zero-order valence-electron chi connectivity index (χ0n) is 21.9. The molecule has 0 bridgehead atoms. The Labute approximate surface area is 226 Å². The van der Waals surface area contributed by atoms with E-state index in [1.165, 1.54) is 7.11 Å². The SMILES string of the molecule is COC(=O)C(Cc1c[nH]c2ccccc12)NC(=O)C(=O)c1cn(CC(=O)N2CCCCCC2)c2ccccc12. The van der Waals surface area contributed by atoms with E-state index in [9.17, 15) is 19.2 Å². The largest absolute Gasteiger partial charge is 0.467 e. The minimum atomic E-state index is -1.05. The van der Waals surface area contributed by atoms with Gasteiger partial charge < -0.3 is 24.5 Å². The summed E-state index contributed by atoms with van der Waals surface area (Å²) in [7, 11) is 1.24. The van der Waals surface area contributed by atoms with Crippen LogP contribution in [0.1, 0.15) is 41.6 Å². The van der Waals surface area contributed by atoms with E-state index >= 15 is 0 Å². The van der Waals surface area contributed by atoms with Gasteiger partial charge in [-0.3, -0.25) is 14.4 Å². The van der Waals surface area contributed by atoms with Crippen LogP contribution < -0.4 is 5.32 Å². The van der Waals surface area contributed by atoms with Crippen molar-refractivity contribution in [3.05, 3.63) is 72.1 Å². The number of rotatable bonds is 8. The van der Waals surface area contributed by atoms with Crippen molar-refractivity contribution >= 4 is 45.4 Å². The number of para-hydroxylation sites is 2. The van der Waals surface area contributed by atoms with Crippen molar-refractivity contribution in [1.82, 2.24) is 19.8 Å². The summed E-state index contributed by atoms with van der Waals surface area (Å²) in [4.78, 5) is 57.2. The van der Waals surface area contributed by atoms with Gasteiger partial charge in [0.05, 0.1) is 12.7 Å². The fourth-order valence-corrected chi connectivity index (χ4v) is 5.33. The Kier molecular flexibility index (Phi) is 7.76. The topological polar surface area (TPSA) is 113 Å². The molecule has 2 amide bonds. The monoisotopic (exact) mass is 528 g/mol. The quantitative estimate of drug-likeness (QED) is 0.206. The molecule has 1 saturated heterocycles. The number of H-pyrrole nitrogens is 1. The number of carbonyl (C=O) groups is 4. The highest BCUT2D eigenvalue weighted by Crippen LogP contribution is 2.23. The zero-order valence-corrected chi connectivity index (χ0v) is 21.9. The number of amides is 2. The summed E-state index contributed by atoms with van der Waals surface area (Å²) in [5.74, 6) is -2.34. The molecular formula is C30H32N4O5. The van der Waals surface area contributed by atoms with Crippen LogP contribution in [0.2, 0.25) is 0 Å². The molecule has 9 heteroatoms. The summed E-state index contributed by atoms with van der Waals surface area (Å²) < 4.78 is 6.65. The van der Waals surface area contributed by atoms with Crippen molar-refractivity contribution < 1.29 is 23.9 Å². The molecule has 0 radical (unpaired) electrons. The summed E-state index contributed by atoms with van der Waals surface area (Å²) >= 11 is 0. The van der Waals surface area contributed by atoms with Crippen LogP contribution in [0.25, 0.3) is 21.8 Å². The third kappa shape index (κ3) is 5.57. The normalized spacial score (nSPS) is 14.6. The smallest absolute Gasteiger partial charge is 0.328 e. The Morgan fingerprint density at radius 3 is 2.38 bits per heavy atom. The van der Waals surface area contributed by atoms with Crippen molar-refractivity contribution in [2.24, 2.45) is 0 Å². The van der Waals surface area contributed by atoms with Crippen LogP contribution in [-0.2, 0) is 32.1 Å². The second kappa shape index (κ2) is 11.6. The molecule has 4 aromatic rings. The molecule has 39 heavy (non-hydrogen) atoms. The van der Waals surface area contributed by atoms with E-state index in [1.54, 1.807) is 29.1 Å². The molecule has 1 aliphatic rings. The zero-order chi connectivity index (χ0) is 27.4. The molecule has 1 unspecified atom stereocenters. The summed E-state index contributed by atoms with van der Waals surface area (Å²) in [5, 5.41) is 4.08. The first-order chi connectivity index (χ1) is 19.0. The molecule has 1 fully saturated rings. The lowest BCUT2D eigenvalue weighted by molar-refractivity contribution is -0.144. The minimum Gasteiger partial charge on any atom is -0.467 e. The maximum absolute atomic E-state index is 13.4. The number of ketones is 1. The fourth-order valence-electron chi connectivity index (χ4n) is 5.33. The first-order valence-electron chi connectivity index (χ1n) is 13.3. The number of carbonyl (C=O) groups excluding carboxylic acids is 4. The highest BCUT2D eigenvalue weighted by molar-refractivity contribution is 6.45. The molecule has 2 N–H and O–H groups in total. The average molecular weight is 529 g/mol. The summed E-state index contributed by atoms with van der Waals surface area (Å²) in [6.45, 7) is 1.55. The number of likely N-dealkylation sites (tertiary alicyclic amines) is 1. The maximum Gasteiger partial charge on any atom is 0.328 e. The highest BCUT2D eigenvalue weighted by atomic mass is 16.5. The van der Waals surface area contributed by atoms with Crippen molar-refractivity contribution in [1.29, 1.82) is 0 Å². The second-order valence-electron chi connectivity index (χ2n) is 9.92. The van der Waals surface area contributed by atoms with Crippen molar-refractivity contribution in [3.63, 3.8) is 0 Å². The number of aromatic nitrogens is 2. The number of methoxy groups -OCH3 is 1. The summed E-state index contributed by atoms with van der Waals surface area (Å²) in [6, 6.07) is 13.8. The lowest BCUT2D eigenvalue weighted by Crippen LogP contribution is -2.45. The first-order valence-corrected chi connectivity index (χ1v) is 13.3. The van der Waals surface area contributed by atoms with Crippen LogP contribution >= 0.6 is 0 Å². The molecule has 3 heterocycles. The van der Waals surface area contributed by atoms with Gasteiger partial charge in [-0.1, -0.05) is 49.2 Å². The number of hydrogen-bond donors (Lipinski definition) is 2. The Bertz CT molecular complexity index is 1530. The van der Waals surface area contributed by atoms with Crippen LogP contribution in [0.5, 0.6) is 0 Å². The lowest BCUT2D eigenvalue weighted by Gasteiger charge is -2.20. The van der Waals surface area contributed by atoms with Crippen LogP contribution in [0.15, 0.2) is 60.9 Å². The van der Waals surface area contributed by atoms with Crippen LogP contribution in [0.3, 0.4) is 0 Å². The van der Waals surface area contributed by atoms with Gasteiger partial charge in [0.2, 0.25) is 5.91 Å². The highest BCUT2D eigenvalue weighted by Gasteiger charge is 2.29. The third-order valence-electron chi connectivity index (χ3n) is 7.39. The van der Waals surface area contributed by atoms with Crippen molar-refractivity contribution in [3.8, 4) is 0 Å². The van der Waals surface area contributed by atoms with Gasteiger partial charge in [-0.2, -0.15) is 0 Å². The molecule has 9 nitrogen and oxygen atoms in total. The summed E-state index contributed by atoms with van der Waals surface area (Å²) in [5.41, 5.74) is 2.60. The first kappa shape index (κ1) is 26.2. The molecule has 202 valence electrons. The van der Waals surface area contributed by atoms with Gasteiger partial charge >= 0.3 is 5.97 Å². The number of nitrogens with one attached hydrogen (secondary N) is 2. The lowest BCUT2D eigenvalue weighted by atomic mass is 10.0. The molecule has 5 rings (SSSR count). The fraction of sp³-hybridized carbons (Fsp3) is 0.333. The van der Waals surface area contributed by atoms with Crippen molar-refractivity contribution in [2.75, 3.05) is 20.2 Å². The maximum atomic E-state index is 13.4. The van der Waals surface area contributed by atoms with E-state index in [4.69, 9.17) is 4.74 Å². The van der Waals surface area contributed by atoms with Crippen LogP contribution in [0, 0.1) is 0 Å². The van der Waals surface area contributed by atoms with Gasteiger partial charge in [0, 0.05) is 53.7 Å². The number of ether oxygens (including phenoxy) is 1. The number of benzene rings is 2. The number of esters is 1. The second-order valence-corrected chi connectivity index (χ2v) is 9.92. The average Bonchev–Trinajstić information content (AvgIpc) is 3.41. The number of nitrogens with zero attached hydrogens (tertiary/aromatic N) is 2. The number of aromatic amines is 1. The van der Waals surface area contributed by atoms with Gasteiger partial charge in [-0.05, 0) is 30.5 Å². The Morgan fingerprint density at radius 1 is 0.949 bits per heavy atom. The minimum absolute atomic E-state index is 0.00871. The van der Waals surface area contributed by atoms with E-state index in [-0.39, 0.29) is 24.4 Å². The Morgan fingerprint density at radius 2 is 1.64 bits per heavy atom. The van der Waals surface area contributed by atoms with E-state index in [2.05, 4.69) is 10.3 Å². The van der Waals surface area contributed by atoms with Crippen LogP contribution in [0.4, 0.5) is 0 Å².